The van der Waals surface area contributed by atoms with E-state index < -0.39 is 0 Å². The number of fused-ring (bicyclic) bond motifs is 1. The highest BCUT2D eigenvalue weighted by Crippen LogP contribution is 2.37. The Morgan fingerprint density at radius 2 is 1.16 bits per heavy atom. The van der Waals surface area contributed by atoms with Gasteiger partial charge in [-0.3, -0.25) is 0 Å². The highest BCUT2D eigenvalue weighted by Gasteiger charge is 2.15. The third kappa shape index (κ3) is 2.74. The Morgan fingerprint density at radius 1 is 0.579 bits per heavy atom. The van der Waals surface area contributed by atoms with Crippen LogP contribution in [0.2, 0.25) is 0 Å². The second-order valence-corrected chi connectivity index (χ2v) is 4.69. The van der Waals surface area contributed by atoms with Crippen molar-refractivity contribution in [2.45, 2.75) is 6.42 Å². The maximum atomic E-state index is 2.28. The summed E-state index contributed by atoms with van der Waals surface area (Å²) in [5, 5.41) is 0. The van der Waals surface area contributed by atoms with Crippen molar-refractivity contribution in [2.75, 3.05) is 0 Å². The quantitative estimate of drug-likeness (QED) is 0.468. The molecule has 19 heavy (non-hydrogen) atoms. The van der Waals surface area contributed by atoms with Crippen LogP contribution in [-0.2, 0) is 6.42 Å². The first-order valence-corrected chi connectivity index (χ1v) is 6.61. The lowest BCUT2D eigenvalue weighted by Crippen LogP contribution is -2.00. The van der Waals surface area contributed by atoms with Crippen molar-refractivity contribution in [1.82, 2.24) is 0 Å². The summed E-state index contributed by atoms with van der Waals surface area (Å²) < 4.78 is 0. The van der Waals surface area contributed by atoms with Crippen LogP contribution in [0.1, 0.15) is 11.1 Å². The lowest BCUT2D eigenvalue weighted by molar-refractivity contribution is 1.17. The van der Waals surface area contributed by atoms with E-state index in [1.807, 2.05) is 36.4 Å². The third-order valence-corrected chi connectivity index (χ3v) is 3.32. The van der Waals surface area contributed by atoms with Crippen molar-refractivity contribution < 1.29 is 0 Å². The van der Waals surface area contributed by atoms with Gasteiger partial charge >= 0.3 is 0 Å². The number of hydrogen-bond acceptors (Lipinski definition) is 0. The van der Waals surface area contributed by atoms with Crippen LogP contribution < -0.4 is 0 Å². The molecule has 0 fully saturated rings. The molecule has 0 heterocycles. The predicted octanol–water partition coefficient (Wildman–Crippen LogP) is 4.94. The topological polar surface area (TPSA) is 0 Å². The molecule has 0 aliphatic heterocycles. The van der Waals surface area contributed by atoms with E-state index >= 15 is 0 Å². The Kier molecular flexibility index (Phi) is 3.42. The van der Waals surface area contributed by atoms with Gasteiger partial charge in [-0.05, 0) is 28.7 Å². The van der Waals surface area contributed by atoms with Crippen molar-refractivity contribution in [3.05, 3.63) is 96.1 Å². The summed E-state index contributed by atoms with van der Waals surface area (Å²) in [7, 11) is 0. The largest absolute Gasteiger partial charge is 0.0623 e. The van der Waals surface area contributed by atoms with Crippen molar-refractivity contribution in [3.8, 4) is 11.1 Å². The first-order valence-electron chi connectivity index (χ1n) is 6.61. The number of rotatable bonds is 2. The van der Waals surface area contributed by atoms with Gasteiger partial charge in [-0.25, -0.2) is 0 Å². The molecule has 0 unspecified atom stereocenters. The van der Waals surface area contributed by atoms with Crippen LogP contribution in [0.5, 0.6) is 0 Å². The second-order valence-electron chi connectivity index (χ2n) is 4.69. The third-order valence-electron chi connectivity index (χ3n) is 3.32. The molecule has 0 bridgehead atoms. The lowest BCUT2D eigenvalue weighted by atomic mass is 9.84. The minimum Gasteiger partial charge on any atom is -0.0623 e. The highest BCUT2D eigenvalue weighted by atomic mass is 14.2. The zero-order chi connectivity index (χ0) is 12.9. The number of hydrogen-bond donors (Lipinski definition) is 0. The average molecular weight is 244 g/mol. The first kappa shape index (κ1) is 11.7. The van der Waals surface area contributed by atoms with Crippen molar-refractivity contribution in [2.24, 2.45) is 0 Å². The van der Waals surface area contributed by atoms with E-state index in [4.69, 9.17) is 0 Å². The minimum absolute atomic E-state index is 1.09. The van der Waals surface area contributed by atoms with Gasteiger partial charge in [0.05, 0.1) is 0 Å². The molecule has 2 aliphatic rings. The van der Waals surface area contributed by atoms with E-state index in [2.05, 4.69) is 48.5 Å². The van der Waals surface area contributed by atoms with E-state index in [9.17, 15) is 0 Å². The average Bonchev–Trinajstić information content (AvgIpc) is 2.47. The highest BCUT2D eigenvalue weighted by molar-refractivity contribution is 5.81. The Labute approximate surface area is 114 Å². The Hall–Kier alpha value is -2.34. The van der Waals surface area contributed by atoms with Gasteiger partial charge < -0.3 is 0 Å². The van der Waals surface area contributed by atoms with Gasteiger partial charge in [0.25, 0.3) is 0 Å². The van der Waals surface area contributed by atoms with Gasteiger partial charge in [-0.2, -0.15) is 0 Å². The molecular formula is C19H16. The standard InChI is InChI=1S/C13H10.C6H6/c1-2-4-10(5-3-1)8-12-9-11-6-7-13(11)12;1-2-4-6-5-3-1/h1-7,9H,8H2;1-6H. The van der Waals surface area contributed by atoms with Gasteiger partial charge in [0, 0.05) is 0 Å². The SMILES string of the molecule is c1ccc(Cc2cc3ccc2-3)cc1.c1ccccc1. The molecule has 0 saturated heterocycles. The molecule has 0 radical (unpaired) electrons. The molecule has 2 aromatic rings. The summed E-state index contributed by atoms with van der Waals surface area (Å²) in [6.45, 7) is 0. The summed E-state index contributed by atoms with van der Waals surface area (Å²) in [6, 6.07) is 29.3. The zero-order valence-electron chi connectivity index (χ0n) is 10.8. The maximum Gasteiger partial charge on any atom is -0.00194 e. The van der Waals surface area contributed by atoms with E-state index in [-0.39, 0.29) is 0 Å². The van der Waals surface area contributed by atoms with Crippen LogP contribution in [0.4, 0.5) is 0 Å². The van der Waals surface area contributed by atoms with Gasteiger partial charge in [0.1, 0.15) is 0 Å². The smallest absolute Gasteiger partial charge is 0.00194 e. The lowest BCUT2D eigenvalue weighted by Gasteiger charge is -2.20. The van der Waals surface area contributed by atoms with Crippen LogP contribution in [0.15, 0.2) is 84.9 Å². The molecule has 0 spiro atoms. The monoisotopic (exact) mass is 244 g/mol. The Balaban J connectivity index is 0.000000155. The molecule has 0 aromatic heterocycles. The number of benzene rings is 3. The van der Waals surface area contributed by atoms with E-state index in [1.165, 1.54) is 22.3 Å². The summed E-state index contributed by atoms with van der Waals surface area (Å²) in [5.41, 5.74) is 5.80. The molecule has 0 heteroatoms. The fourth-order valence-electron chi connectivity index (χ4n) is 2.22. The summed E-state index contributed by atoms with van der Waals surface area (Å²) >= 11 is 0. The van der Waals surface area contributed by atoms with Crippen LogP contribution in [0.25, 0.3) is 11.1 Å². The second kappa shape index (κ2) is 5.53. The van der Waals surface area contributed by atoms with Crippen molar-refractivity contribution in [1.29, 1.82) is 0 Å². The van der Waals surface area contributed by atoms with E-state index in [0.29, 0.717) is 0 Å². The molecule has 2 aromatic carbocycles. The fraction of sp³-hybridized carbons (Fsp3) is 0.0526. The first-order chi connectivity index (χ1) is 9.43. The van der Waals surface area contributed by atoms with Crippen molar-refractivity contribution in [3.63, 3.8) is 0 Å². The summed E-state index contributed by atoms with van der Waals surface area (Å²) in [4.78, 5) is 0. The molecule has 4 rings (SSSR count). The Morgan fingerprint density at radius 3 is 1.58 bits per heavy atom. The molecular weight excluding hydrogens is 228 g/mol. The minimum atomic E-state index is 1.09. The molecule has 92 valence electrons. The Bertz CT molecular complexity index is 606. The van der Waals surface area contributed by atoms with Crippen LogP contribution in [0.3, 0.4) is 0 Å². The van der Waals surface area contributed by atoms with Crippen LogP contribution in [0, 0.1) is 0 Å². The fourth-order valence-corrected chi connectivity index (χ4v) is 2.22. The zero-order valence-corrected chi connectivity index (χ0v) is 10.8. The molecule has 0 nitrogen and oxygen atoms in total. The van der Waals surface area contributed by atoms with Gasteiger partial charge in [-0.1, -0.05) is 84.9 Å². The van der Waals surface area contributed by atoms with Crippen LogP contribution >= 0.6 is 0 Å². The normalized spacial score (nSPS) is 10.3. The van der Waals surface area contributed by atoms with Crippen LogP contribution in [-0.4, -0.2) is 0 Å². The molecule has 2 aliphatic carbocycles. The summed E-state index contributed by atoms with van der Waals surface area (Å²) in [6.07, 6.45) is 1.09. The van der Waals surface area contributed by atoms with Gasteiger partial charge in [-0.15, -0.1) is 0 Å². The van der Waals surface area contributed by atoms with E-state index in [1.54, 1.807) is 0 Å². The summed E-state index contributed by atoms with van der Waals surface area (Å²) in [5.74, 6) is 0. The maximum absolute atomic E-state index is 2.28. The van der Waals surface area contributed by atoms with Gasteiger partial charge in [0.2, 0.25) is 0 Å². The molecule has 0 atom stereocenters. The molecule has 0 N–H and O–H groups in total. The van der Waals surface area contributed by atoms with E-state index in [0.717, 1.165) is 6.42 Å². The molecule has 0 amide bonds. The van der Waals surface area contributed by atoms with Gasteiger partial charge in [0.15, 0.2) is 0 Å². The molecule has 0 saturated carbocycles. The predicted molar refractivity (Wildman–Crippen MR) is 81.1 cm³/mol. The van der Waals surface area contributed by atoms with Crippen molar-refractivity contribution >= 4 is 0 Å².